The third kappa shape index (κ3) is 7.80. The van der Waals surface area contributed by atoms with Crippen LogP contribution in [0.4, 0.5) is 28.4 Å². The van der Waals surface area contributed by atoms with E-state index in [0.717, 1.165) is 41.2 Å². The van der Waals surface area contributed by atoms with Crippen LogP contribution >= 0.6 is 0 Å². The van der Waals surface area contributed by atoms with Gasteiger partial charge in [-0.2, -0.15) is 0 Å². The number of carbonyl (C=O) groups excluding carboxylic acids is 2. The van der Waals surface area contributed by atoms with Crippen molar-refractivity contribution in [2.45, 2.75) is 31.3 Å². The Kier molecular flexibility index (Phi) is 9.75. The van der Waals surface area contributed by atoms with Gasteiger partial charge in [-0.15, -0.1) is 0 Å². The number of hydrogen-bond donors (Lipinski definition) is 4. The number of benzene rings is 2. The standard InChI is InChI=1S/C23H21N9O12/c24-21(33)6-4-16(23(35)36)27-22(34)17(26-15-3-1-13(29(37)38)8-19(15)31(41)42)7-12-10-28(11-25-12)18-5-2-14(30(39)40)9-20(18)32(43)44/h1-3,5,8-11,16-17,26H,4,6-7H2,(H2,24,33)(H,27,34)(H,35,36)/t16-,17-/m0/s1. The van der Waals surface area contributed by atoms with Crippen molar-refractivity contribution in [2.75, 3.05) is 5.32 Å². The van der Waals surface area contributed by atoms with Crippen LogP contribution in [0.2, 0.25) is 0 Å². The van der Waals surface area contributed by atoms with Crippen LogP contribution in [-0.2, 0) is 20.8 Å². The van der Waals surface area contributed by atoms with Gasteiger partial charge in [-0.1, -0.05) is 0 Å². The molecule has 5 N–H and O–H groups in total. The first-order chi connectivity index (χ1) is 20.7. The first-order valence-electron chi connectivity index (χ1n) is 12.1. The number of primary amides is 1. The summed E-state index contributed by atoms with van der Waals surface area (Å²) < 4.78 is 1.13. The van der Waals surface area contributed by atoms with Gasteiger partial charge in [-0.05, 0) is 18.6 Å². The number of nitrogens with zero attached hydrogens (tertiary/aromatic N) is 6. The van der Waals surface area contributed by atoms with Crippen LogP contribution < -0.4 is 16.4 Å². The highest BCUT2D eigenvalue weighted by atomic mass is 16.6. The molecule has 2 aromatic carbocycles. The molecule has 0 radical (unpaired) electrons. The van der Waals surface area contributed by atoms with Crippen molar-refractivity contribution in [3.8, 4) is 5.69 Å². The Morgan fingerprint density at radius 2 is 1.48 bits per heavy atom. The number of anilines is 1. The van der Waals surface area contributed by atoms with E-state index in [9.17, 15) is 59.9 Å². The monoisotopic (exact) mass is 615 g/mol. The van der Waals surface area contributed by atoms with Crippen LogP contribution in [-0.4, -0.2) is 64.2 Å². The number of nitro benzene ring substituents is 4. The van der Waals surface area contributed by atoms with E-state index in [0.29, 0.717) is 6.07 Å². The van der Waals surface area contributed by atoms with Crippen LogP contribution in [0.25, 0.3) is 5.69 Å². The molecule has 0 saturated carbocycles. The molecule has 0 bridgehead atoms. The SMILES string of the molecule is NC(=O)CC[C@H](NC(=O)[C@H](Cc1cn(-c2ccc([N+](=O)[O-])cc2[N+](=O)[O-])cn1)Nc1ccc([N+](=O)[O-])cc1[N+](=O)[O-])C(=O)O. The number of nitrogens with two attached hydrogens (primary N) is 1. The number of carboxylic acids is 1. The van der Waals surface area contributed by atoms with Gasteiger partial charge < -0.3 is 21.5 Å². The number of imidazole rings is 1. The largest absolute Gasteiger partial charge is 0.480 e. The molecular weight excluding hydrogens is 594 g/mol. The second-order valence-electron chi connectivity index (χ2n) is 8.98. The maximum Gasteiger partial charge on any atom is 0.326 e. The van der Waals surface area contributed by atoms with Gasteiger partial charge in [-0.25, -0.2) is 9.78 Å². The van der Waals surface area contributed by atoms with E-state index in [1.807, 2.05) is 0 Å². The minimum Gasteiger partial charge on any atom is -0.480 e. The van der Waals surface area contributed by atoms with E-state index in [-0.39, 0.29) is 23.5 Å². The summed E-state index contributed by atoms with van der Waals surface area (Å²) in [7, 11) is 0. The molecule has 21 heteroatoms. The lowest BCUT2D eigenvalue weighted by molar-refractivity contribution is -0.394. The summed E-state index contributed by atoms with van der Waals surface area (Å²) in [5.74, 6) is -3.40. The highest BCUT2D eigenvalue weighted by molar-refractivity contribution is 5.90. The minimum atomic E-state index is -1.61. The fraction of sp³-hybridized carbons (Fsp3) is 0.217. The van der Waals surface area contributed by atoms with Crippen molar-refractivity contribution in [3.63, 3.8) is 0 Å². The molecule has 21 nitrogen and oxygen atoms in total. The van der Waals surface area contributed by atoms with E-state index in [2.05, 4.69) is 15.6 Å². The molecule has 0 fully saturated rings. The number of carbonyl (C=O) groups is 3. The quantitative estimate of drug-likeness (QED) is 0.139. The van der Waals surface area contributed by atoms with Gasteiger partial charge in [-0.3, -0.25) is 54.6 Å². The first-order valence-corrected chi connectivity index (χ1v) is 12.1. The zero-order chi connectivity index (χ0) is 32.7. The van der Waals surface area contributed by atoms with Crippen molar-refractivity contribution in [1.82, 2.24) is 14.9 Å². The van der Waals surface area contributed by atoms with Crippen LogP contribution in [0.3, 0.4) is 0 Å². The number of hydrogen-bond acceptors (Lipinski definition) is 13. The van der Waals surface area contributed by atoms with Gasteiger partial charge in [0.2, 0.25) is 11.8 Å². The van der Waals surface area contributed by atoms with E-state index in [1.165, 1.54) is 6.20 Å². The zero-order valence-electron chi connectivity index (χ0n) is 22.1. The molecule has 0 aliphatic heterocycles. The Hall–Kier alpha value is -6.54. The van der Waals surface area contributed by atoms with Gasteiger partial charge in [0.25, 0.3) is 22.7 Å². The Balaban J connectivity index is 2.00. The number of non-ortho nitro benzene ring substituents is 2. The minimum absolute atomic E-state index is 0.0406. The average Bonchev–Trinajstić information content (AvgIpc) is 3.42. The molecule has 0 saturated heterocycles. The van der Waals surface area contributed by atoms with Crippen LogP contribution in [0.5, 0.6) is 0 Å². The summed E-state index contributed by atoms with van der Waals surface area (Å²) in [5, 5.41) is 59.6. The number of carboxylic acid groups (broad SMARTS) is 1. The number of rotatable bonds is 15. The number of nitrogens with one attached hydrogen (secondary N) is 2. The topological polar surface area (TPSA) is 312 Å². The molecule has 44 heavy (non-hydrogen) atoms. The summed E-state index contributed by atoms with van der Waals surface area (Å²) in [6, 6.07) is 2.27. The number of aromatic nitrogens is 2. The van der Waals surface area contributed by atoms with Gasteiger partial charge in [0.15, 0.2) is 0 Å². The van der Waals surface area contributed by atoms with Crippen LogP contribution in [0, 0.1) is 40.5 Å². The normalized spacial score (nSPS) is 12.0. The lowest BCUT2D eigenvalue weighted by Gasteiger charge is -2.21. The smallest absolute Gasteiger partial charge is 0.326 e. The number of amides is 2. The van der Waals surface area contributed by atoms with Crippen LogP contribution in [0.15, 0.2) is 48.9 Å². The lowest BCUT2D eigenvalue weighted by atomic mass is 10.1. The molecule has 3 rings (SSSR count). The summed E-state index contributed by atoms with van der Waals surface area (Å²) >= 11 is 0. The van der Waals surface area contributed by atoms with Crippen molar-refractivity contribution in [1.29, 1.82) is 0 Å². The van der Waals surface area contributed by atoms with Gasteiger partial charge >= 0.3 is 5.97 Å². The maximum absolute atomic E-state index is 13.3. The third-order valence-electron chi connectivity index (χ3n) is 6.02. The lowest BCUT2D eigenvalue weighted by Crippen LogP contribution is -2.49. The highest BCUT2D eigenvalue weighted by Gasteiger charge is 2.30. The molecule has 0 unspecified atom stereocenters. The fourth-order valence-corrected chi connectivity index (χ4v) is 3.92. The van der Waals surface area contributed by atoms with Crippen molar-refractivity contribution in [3.05, 3.63) is 95.1 Å². The molecular formula is C23H21N9O12. The molecule has 2 atom stereocenters. The number of aliphatic carboxylic acids is 1. The Morgan fingerprint density at radius 3 is 2.02 bits per heavy atom. The predicted octanol–water partition coefficient (Wildman–Crippen LogP) is 1.36. The second-order valence-corrected chi connectivity index (χ2v) is 8.98. The van der Waals surface area contributed by atoms with E-state index in [1.54, 1.807) is 0 Å². The Bertz CT molecular complexity index is 1670. The van der Waals surface area contributed by atoms with E-state index >= 15 is 0 Å². The van der Waals surface area contributed by atoms with Gasteiger partial charge in [0, 0.05) is 31.2 Å². The summed E-state index contributed by atoms with van der Waals surface area (Å²) in [6.07, 6.45) is 1.11. The summed E-state index contributed by atoms with van der Waals surface area (Å²) in [4.78, 5) is 82.1. The second kappa shape index (κ2) is 13.4. The molecule has 1 heterocycles. The fourth-order valence-electron chi connectivity index (χ4n) is 3.92. The molecule has 2 amide bonds. The summed E-state index contributed by atoms with van der Waals surface area (Å²) in [6.45, 7) is 0. The van der Waals surface area contributed by atoms with Crippen LogP contribution in [0.1, 0.15) is 18.5 Å². The molecule has 1 aromatic heterocycles. The molecule has 0 aliphatic carbocycles. The van der Waals surface area contributed by atoms with Crippen molar-refractivity contribution in [2.24, 2.45) is 5.73 Å². The maximum atomic E-state index is 13.3. The zero-order valence-corrected chi connectivity index (χ0v) is 22.1. The molecule has 230 valence electrons. The highest BCUT2D eigenvalue weighted by Crippen LogP contribution is 2.31. The molecule has 0 aliphatic rings. The van der Waals surface area contributed by atoms with Crippen molar-refractivity contribution < 1.29 is 39.2 Å². The van der Waals surface area contributed by atoms with Crippen molar-refractivity contribution >= 4 is 46.2 Å². The Morgan fingerprint density at radius 1 is 0.886 bits per heavy atom. The predicted molar refractivity (Wildman–Crippen MR) is 146 cm³/mol. The number of nitro groups is 4. The molecule has 0 spiro atoms. The van der Waals surface area contributed by atoms with Gasteiger partial charge in [0.05, 0.1) is 43.8 Å². The molecule has 3 aromatic rings. The Labute approximate surface area is 243 Å². The first kappa shape index (κ1) is 32.0. The van der Waals surface area contributed by atoms with E-state index < -0.39 is 85.2 Å². The van der Waals surface area contributed by atoms with Gasteiger partial charge in [0.1, 0.15) is 23.5 Å². The summed E-state index contributed by atoms with van der Waals surface area (Å²) in [5.41, 5.74) is 2.03. The third-order valence-corrected chi connectivity index (χ3v) is 6.02. The average molecular weight is 615 g/mol. The van der Waals surface area contributed by atoms with E-state index in [4.69, 9.17) is 5.73 Å².